The lowest BCUT2D eigenvalue weighted by molar-refractivity contribution is -0.384. The molecular formula is C25H34N4O4. The Morgan fingerprint density at radius 3 is 2.21 bits per heavy atom. The summed E-state index contributed by atoms with van der Waals surface area (Å²) < 4.78 is 0. The fourth-order valence-electron chi connectivity index (χ4n) is 7.26. The zero-order chi connectivity index (χ0) is 23.2. The second kappa shape index (κ2) is 8.70. The van der Waals surface area contributed by atoms with Gasteiger partial charge in [0.2, 0.25) is 11.8 Å². The topological polar surface area (TPSA) is 95.8 Å². The molecule has 1 aromatic rings. The van der Waals surface area contributed by atoms with Gasteiger partial charge >= 0.3 is 0 Å². The van der Waals surface area contributed by atoms with Gasteiger partial charge in [-0.15, -0.1) is 0 Å². The molecule has 4 saturated carbocycles. The number of amides is 2. The maximum Gasteiger partial charge on any atom is 0.269 e. The Hall–Kier alpha value is -2.48. The third-order valence-electron chi connectivity index (χ3n) is 8.50. The highest BCUT2D eigenvalue weighted by Gasteiger charge is 2.55. The summed E-state index contributed by atoms with van der Waals surface area (Å²) in [6.45, 7) is 5.52. The molecule has 178 valence electrons. The van der Waals surface area contributed by atoms with Crippen LogP contribution in [0.5, 0.6) is 0 Å². The number of hydrogen-bond acceptors (Lipinski definition) is 5. The molecule has 1 N–H and O–H groups in total. The Balaban J connectivity index is 1.09. The third kappa shape index (κ3) is 4.50. The van der Waals surface area contributed by atoms with Crippen LogP contribution in [0.4, 0.5) is 11.4 Å². The molecule has 0 spiro atoms. The van der Waals surface area contributed by atoms with Crippen LogP contribution >= 0.6 is 0 Å². The molecule has 5 aliphatic rings. The summed E-state index contributed by atoms with van der Waals surface area (Å²) in [5.74, 6) is 2.64. The zero-order valence-corrected chi connectivity index (χ0v) is 19.4. The van der Waals surface area contributed by atoms with Crippen molar-refractivity contribution in [1.29, 1.82) is 0 Å². The largest absolute Gasteiger partial charge is 0.340 e. The summed E-state index contributed by atoms with van der Waals surface area (Å²) in [4.78, 5) is 40.7. The van der Waals surface area contributed by atoms with E-state index in [1.807, 2.05) is 0 Å². The summed E-state index contributed by atoms with van der Waals surface area (Å²) in [6.07, 6.45) is 7.74. The van der Waals surface area contributed by atoms with E-state index in [0.717, 1.165) is 63.2 Å². The first kappa shape index (κ1) is 22.3. The molecule has 1 saturated heterocycles. The molecule has 8 nitrogen and oxygen atoms in total. The molecule has 33 heavy (non-hydrogen) atoms. The van der Waals surface area contributed by atoms with E-state index in [4.69, 9.17) is 0 Å². The van der Waals surface area contributed by atoms with Crippen molar-refractivity contribution in [3.63, 3.8) is 0 Å². The molecule has 0 aromatic heterocycles. The number of nitro benzene ring substituents is 1. The SMILES string of the molecule is Cc1cc([N+](=O)[O-])ccc1NC(=O)CCN1CCN(C(=O)C23CC4CC(CC(C4)C2)C3)CC1. The second-order valence-corrected chi connectivity index (χ2v) is 10.9. The van der Waals surface area contributed by atoms with Crippen molar-refractivity contribution < 1.29 is 14.5 Å². The fraction of sp³-hybridized carbons (Fsp3) is 0.680. The first-order valence-electron chi connectivity index (χ1n) is 12.4. The van der Waals surface area contributed by atoms with Gasteiger partial charge in [-0.2, -0.15) is 0 Å². The predicted molar refractivity (Wildman–Crippen MR) is 125 cm³/mol. The molecular weight excluding hydrogens is 420 g/mol. The van der Waals surface area contributed by atoms with Gasteiger partial charge in [-0.25, -0.2) is 0 Å². The van der Waals surface area contributed by atoms with E-state index >= 15 is 0 Å². The van der Waals surface area contributed by atoms with Crippen molar-refractivity contribution in [2.75, 3.05) is 38.0 Å². The summed E-state index contributed by atoms with van der Waals surface area (Å²) >= 11 is 0. The number of piperazine rings is 1. The average Bonchev–Trinajstić information content (AvgIpc) is 2.78. The van der Waals surface area contributed by atoms with Crippen LogP contribution in [0.1, 0.15) is 50.5 Å². The molecule has 1 aliphatic heterocycles. The Kier molecular flexibility index (Phi) is 5.89. The quantitative estimate of drug-likeness (QED) is 0.523. The highest BCUT2D eigenvalue weighted by molar-refractivity contribution is 5.91. The fourth-order valence-corrected chi connectivity index (χ4v) is 7.26. The number of anilines is 1. The minimum Gasteiger partial charge on any atom is -0.340 e. The number of carbonyl (C=O) groups excluding carboxylic acids is 2. The van der Waals surface area contributed by atoms with Crippen molar-refractivity contribution in [3.05, 3.63) is 33.9 Å². The normalized spacial score (nSPS) is 30.9. The van der Waals surface area contributed by atoms with E-state index < -0.39 is 4.92 Å². The second-order valence-electron chi connectivity index (χ2n) is 10.9. The molecule has 6 rings (SSSR count). The van der Waals surface area contributed by atoms with Gasteiger partial charge in [0.1, 0.15) is 0 Å². The van der Waals surface area contributed by atoms with Crippen molar-refractivity contribution >= 4 is 23.2 Å². The highest BCUT2D eigenvalue weighted by atomic mass is 16.6. The van der Waals surface area contributed by atoms with Gasteiger partial charge in [-0.05, 0) is 74.8 Å². The number of nitrogens with zero attached hydrogens (tertiary/aromatic N) is 3. The molecule has 0 unspecified atom stereocenters. The summed E-state index contributed by atoms with van der Waals surface area (Å²) in [5.41, 5.74) is 1.23. The molecule has 1 heterocycles. The minimum absolute atomic E-state index is 0.0199. The maximum atomic E-state index is 13.5. The van der Waals surface area contributed by atoms with Gasteiger partial charge in [0.25, 0.3) is 5.69 Å². The van der Waals surface area contributed by atoms with E-state index in [2.05, 4.69) is 15.1 Å². The van der Waals surface area contributed by atoms with Crippen molar-refractivity contribution in [1.82, 2.24) is 9.80 Å². The summed E-state index contributed by atoms with van der Waals surface area (Å²) in [5, 5.41) is 13.7. The van der Waals surface area contributed by atoms with Crippen LogP contribution in [0.2, 0.25) is 0 Å². The summed E-state index contributed by atoms with van der Waals surface area (Å²) in [7, 11) is 0. The minimum atomic E-state index is -0.438. The monoisotopic (exact) mass is 454 g/mol. The molecule has 0 radical (unpaired) electrons. The van der Waals surface area contributed by atoms with Gasteiger partial charge in [0, 0.05) is 57.0 Å². The van der Waals surface area contributed by atoms with Gasteiger partial charge in [0.05, 0.1) is 10.3 Å². The van der Waals surface area contributed by atoms with Crippen LogP contribution in [0, 0.1) is 40.2 Å². The number of aryl methyl sites for hydroxylation is 1. The molecule has 4 aliphatic carbocycles. The van der Waals surface area contributed by atoms with Crippen molar-refractivity contribution in [3.8, 4) is 0 Å². The molecule has 5 fully saturated rings. The van der Waals surface area contributed by atoms with Crippen molar-refractivity contribution in [2.24, 2.45) is 23.2 Å². The molecule has 1 aromatic carbocycles. The molecule has 0 atom stereocenters. The van der Waals surface area contributed by atoms with Gasteiger partial charge < -0.3 is 10.2 Å². The van der Waals surface area contributed by atoms with Crippen LogP contribution in [0.25, 0.3) is 0 Å². The number of nitro groups is 1. The standard InChI is InChI=1S/C25H34N4O4/c1-17-10-21(29(32)33)2-3-22(17)26-23(30)4-5-27-6-8-28(9-7-27)24(31)25-14-18-11-19(15-25)13-20(12-18)16-25/h2-3,10,18-20H,4-9,11-16H2,1H3,(H,26,30). The number of benzene rings is 1. The molecule has 8 heteroatoms. The van der Waals surface area contributed by atoms with Crippen LogP contribution in [-0.2, 0) is 9.59 Å². The molecule has 4 bridgehead atoms. The number of carbonyl (C=O) groups is 2. The maximum absolute atomic E-state index is 13.5. The predicted octanol–water partition coefficient (Wildman–Crippen LogP) is 3.59. The first-order valence-corrected chi connectivity index (χ1v) is 12.4. The van der Waals surface area contributed by atoms with Crippen LogP contribution in [-0.4, -0.2) is 59.3 Å². The average molecular weight is 455 g/mol. The number of nitrogens with one attached hydrogen (secondary N) is 1. The van der Waals surface area contributed by atoms with Crippen LogP contribution in [0.3, 0.4) is 0 Å². The number of rotatable bonds is 6. The zero-order valence-electron chi connectivity index (χ0n) is 19.4. The van der Waals surface area contributed by atoms with Crippen LogP contribution in [0.15, 0.2) is 18.2 Å². The lowest BCUT2D eigenvalue weighted by Gasteiger charge is -2.57. The smallest absolute Gasteiger partial charge is 0.269 e. The van der Waals surface area contributed by atoms with Gasteiger partial charge in [0.15, 0.2) is 0 Å². The lowest BCUT2D eigenvalue weighted by Crippen LogP contribution is -2.58. The Morgan fingerprint density at radius 1 is 1.06 bits per heavy atom. The summed E-state index contributed by atoms with van der Waals surface area (Å²) in [6, 6.07) is 4.46. The Bertz CT molecular complexity index is 918. The Labute approximate surface area is 194 Å². The van der Waals surface area contributed by atoms with E-state index in [0.29, 0.717) is 30.1 Å². The van der Waals surface area contributed by atoms with Gasteiger partial charge in [-0.3, -0.25) is 24.6 Å². The van der Waals surface area contributed by atoms with Crippen molar-refractivity contribution in [2.45, 2.75) is 51.9 Å². The lowest BCUT2D eigenvalue weighted by atomic mass is 9.49. The van der Waals surface area contributed by atoms with Gasteiger partial charge in [-0.1, -0.05) is 0 Å². The van der Waals surface area contributed by atoms with E-state index in [1.165, 1.54) is 31.4 Å². The Morgan fingerprint density at radius 2 is 1.67 bits per heavy atom. The van der Waals surface area contributed by atoms with E-state index in [-0.39, 0.29) is 17.0 Å². The highest BCUT2D eigenvalue weighted by Crippen LogP contribution is 2.60. The third-order valence-corrected chi connectivity index (χ3v) is 8.50. The number of hydrogen-bond donors (Lipinski definition) is 1. The van der Waals surface area contributed by atoms with E-state index in [1.54, 1.807) is 13.0 Å². The number of non-ortho nitro benzene ring substituents is 1. The van der Waals surface area contributed by atoms with Crippen LogP contribution < -0.4 is 5.32 Å². The first-order chi connectivity index (χ1) is 15.8. The molecule has 2 amide bonds. The van der Waals surface area contributed by atoms with E-state index in [9.17, 15) is 19.7 Å².